The van der Waals surface area contributed by atoms with Gasteiger partial charge >= 0.3 is 6.18 Å². The summed E-state index contributed by atoms with van der Waals surface area (Å²) in [5.74, 6) is -0.950. The first-order valence-corrected chi connectivity index (χ1v) is 10.6. The third kappa shape index (κ3) is 5.32. The van der Waals surface area contributed by atoms with Crippen LogP contribution in [0.1, 0.15) is 5.56 Å². The minimum Gasteiger partial charge on any atom is -0.497 e. The van der Waals surface area contributed by atoms with E-state index in [4.69, 9.17) is 4.74 Å². The number of methoxy groups -OCH3 is 1. The van der Waals surface area contributed by atoms with Crippen LogP contribution in [0.3, 0.4) is 0 Å². The van der Waals surface area contributed by atoms with E-state index in [-0.39, 0.29) is 19.2 Å². The van der Waals surface area contributed by atoms with Crippen LogP contribution < -0.4 is 15.0 Å². The van der Waals surface area contributed by atoms with Crippen molar-refractivity contribution >= 4 is 10.0 Å². The Hall–Kier alpha value is -3.25. The maximum Gasteiger partial charge on any atom is 0.419 e. The number of benzene rings is 2. The van der Waals surface area contributed by atoms with E-state index in [0.29, 0.717) is 23.1 Å². The molecule has 1 heterocycles. The van der Waals surface area contributed by atoms with Gasteiger partial charge in [0.2, 0.25) is 10.0 Å². The summed E-state index contributed by atoms with van der Waals surface area (Å²) in [6.45, 7) is -0.518. The van der Waals surface area contributed by atoms with E-state index >= 15 is 0 Å². The second-order valence-electron chi connectivity index (χ2n) is 6.55. The first-order valence-electron chi connectivity index (χ1n) is 9.10. The first kappa shape index (κ1) is 23.4. The van der Waals surface area contributed by atoms with Crippen molar-refractivity contribution in [2.75, 3.05) is 13.7 Å². The molecule has 0 bridgehead atoms. The van der Waals surface area contributed by atoms with E-state index in [1.807, 2.05) is 0 Å². The molecule has 1 N–H and O–H groups in total. The quantitative estimate of drug-likeness (QED) is 0.535. The van der Waals surface area contributed by atoms with Gasteiger partial charge in [-0.05, 0) is 48.5 Å². The summed E-state index contributed by atoms with van der Waals surface area (Å²) in [6, 6.07) is 11.0. The van der Waals surface area contributed by atoms with Gasteiger partial charge in [-0.3, -0.25) is 4.79 Å². The average Bonchev–Trinajstić information content (AvgIpc) is 2.74. The number of nitrogens with zero attached hydrogens (tertiary/aromatic N) is 2. The molecule has 0 aliphatic rings. The van der Waals surface area contributed by atoms with Crippen molar-refractivity contribution in [2.45, 2.75) is 17.6 Å². The molecule has 0 aliphatic carbocycles. The Morgan fingerprint density at radius 1 is 1.06 bits per heavy atom. The molecule has 0 aliphatic heterocycles. The number of halogens is 4. The van der Waals surface area contributed by atoms with E-state index in [0.717, 1.165) is 10.7 Å². The molecule has 3 aromatic rings. The maximum absolute atomic E-state index is 13.4. The van der Waals surface area contributed by atoms with Crippen LogP contribution in [0.15, 0.2) is 64.3 Å². The lowest BCUT2D eigenvalue weighted by atomic mass is 10.1. The van der Waals surface area contributed by atoms with Crippen molar-refractivity contribution in [3.05, 3.63) is 76.3 Å². The van der Waals surface area contributed by atoms with Gasteiger partial charge in [-0.1, -0.05) is 0 Å². The number of hydrogen-bond donors (Lipinski definition) is 1. The van der Waals surface area contributed by atoms with Gasteiger partial charge in [0.05, 0.1) is 29.8 Å². The molecule has 7 nitrogen and oxygen atoms in total. The molecule has 12 heteroatoms. The van der Waals surface area contributed by atoms with Gasteiger partial charge in [0.1, 0.15) is 11.6 Å². The number of alkyl halides is 3. The third-order valence-electron chi connectivity index (χ3n) is 4.42. The topological polar surface area (TPSA) is 90.3 Å². The summed E-state index contributed by atoms with van der Waals surface area (Å²) in [5, 5.41) is 4.18. The van der Waals surface area contributed by atoms with Gasteiger partial charge in [-0.15, -0.1) is 0 Å². The SMILES string of the molecule is COc1ccc(-c2ccc(=O)n(CCNS(=O)(=O)c3ccc(F)c(C(F)(F)F)c3)n2)cc1. The van der Waals surface area contributed by atoms with Gasteiger partial charge in [-0.2, -0.15) is 18.3 Å². The van der Waals surface area contributed by atoms with Crippen molar-refractivity contribution in [3.8, 4) is 17.0 Å². The molecule has 0 saturated heterocycles. The fourth-order valence-corrected chi connectivity index (χ4v) is 3.83. The lowest BCUT2D eigenvalue weighted by Gasteiger charge is -2.12. The van der Waals surface area contributed by atoms with Gasteiger partial charge < -0.3 is 4.74 Å². The van der Waals surface area contributed by atoms with Crippen LogP contribution in [-0.2, 0) is 22.7 Å². The van der Waals surface area contributed by atoms with Crippen molar-refractivity contribution in [1.82, 2.24) is 14.5 Å². The normalized spacial score (nSPS) is 12.0. The molecule has 0 fully saturated rings. The predicted octanol–water partition coefficient (Wildman–Crippen LogP) is 3.06. The minimum atomic E-state index is -5.05. The Morgan fingerprint density at radius 2 is 1.75 bits per heavy atom. The van der Waals surface area contributed by atoms with Crippen LogP contribution in [0, 0.1) is 5.82 Å². The summed E-state index contributed by atoms with van der Waals surface area (Å²) < 4.78 is 84.8. The molecule has 32 heavy (non-hydrogen) atoms. The van der Waals surface area contributed by atoms with Crippen molar-refractivity contribution in [1.29, 1.82) is 0 Å². The number of hydrogen-bond acceptors (Lipinski definition) is 5. The zero-order valence-corrected chi connectivity index (χ0v) is 17.4. The summed E-state index contributed by atoms with van der Waals surface area (Å²) in [7, 11) is -2.87. The zero-order chi connectivity index (χ0) is 23.5. The molecule has 0 atom stereocenters. The molecule has 0 spiro atoms. The number of sulfonamides is 1. The summed E-state index contributed by atoms with van der Waals surface area (Å²) >= 11 is 0. The smallest absolute Gasteiger partial charge is 0.419 e. The Balaban J connectivity index is 1.75. The summed E-state index contributed by atoms with van der Waals surface area (Å²) in [5.41, 5.74) is -1.05. The Bertz CT molecular complexity index is 1270. The second kappa shape index (κ2) is 9.09. The molecule has 0 saturated carbocycles. The van der Waals surface area contributed by atoms with Crippen molar-refractivity contribution in [2.24, 2.45) is 0 Å². The fraction of sp³-hybridized carbons (Fsp3) is 0.200. The van der Waals surface area contributed by atoms with Gasteiger partial charge in [0.15, 0.2) is 0 Å². The molecule has 1 aromatic heterocycles. The molecule has 0 amide bonds. The highest BCUT2D eigenvalue weighted by Crippen LogP contribution is 2.32. The van der Waals surface area contributed by atoms with Crippen LogP contribution in [-0.4, -0.2) is 31.9 Å². The van der Waals surface area contributed by atoms with Crippen molar-refractivity contribution < 1.29 is 30.7 Å². The van der Waals surface area contributed by atoms with Gasteiger partial charge in [-0.25, -0.2) is 22.2 Å². The number of nitrogens with one attached hydrogen (secondary N) is 1. The lowest BCUT2D eigenvalue weighted by molar-refractivity contribution is -0.140. The average molecular weight is 471 g/mol. The van der Waals surface area contributed by atoms with Crippen LogP contribution >= 0.6 is 0 Å². The largest absolute Gasteiger partial charge is 0.497 e. The molecule has 0 unspecified atom stereocenters. The minimum absolute atomic E-state index is 0.185. The molecule has 0 radical (unpaired) electrons. The van der Waals surface area contributed by atoms with Crippen LogP contribution in [0.25, 0.3) is 11.3 Å². The third-order valence-corrected chi connectivity index (χ3v) is 5.88. The van der Waals surface area contributed by atoms with Gasteiger partial charge in [0, 0.05) is 18.2 Å². The highest BCUT2D eigenvalue weighted by atomic mass is 32.2. The van der Waals surface area contributed by atoms with E-state index < -0.39 is 38.0 Å². The van der Waals surface area contributed by atoms with E-state index in [1.54, 1.807) is 24.3 Å². The monoisotopic (exact) mass is 471 g/mol. The number of ether oxygens (including phenoxy) is 1. The molecule has 170 valence electrons. The fourth-order valence-electron chi connectivity index (χ4n) is 2.78. The second-order valence-corrected chi connectivity index (χ2v) is 8.31. The molecule has 3 rings (SSSR count). The van der Waals surface area contributed by atoms with E-state index in [2.05, 4.69) is 9.82 Å². The van der Waals surface area contributed by atoms with Crippen LogP contribution in [0.2, 0.25) is 0 Å². The predicted molar refractivity (Wildman–Crippen MR) is 107 cm³/mol. The lowest BCUT2D eigenvalue weighted by Crippen LogP contribution is -2.32. The maximum atomic E-state index is 13.4. The van der Waals surface area contributed by atoms with Crippen LogP contribution in [0.4, 0.5) is 17.6 Å². The van der Waals surface area contributed by atoms with Crippen molar-refractivity contribution in [3.63, 3.8) is 0 Å². The summed E-state index contributed by atoms with van der Waals surface area (Å²) in [4.78, 5) is 11.3. The molecular formula is C20H17F4N3O4S. The van der Waals surface area contributed by atoms with Gasteiger partial charge in [0.25, 0.3) is 5.56 Å². The first-order chi connectivity index (χ1) is 15.0. The Morgan fingerprint density at radius 3 is 2.38 bits per heavy atom. The van der Waals surface area contributed by atoms with E-state index in [9.17, 15) is 30.8 Å². The highest BCUT2D eigenvalue weighted by molar-refractivity contribution is 7.89. The Labute approximate surface area is 180 Å². The van der Waals surface area contributed by atoms with E-state index in [1.165, 1.54) is 19.2 Å². The molecule has 2 aromatic carbocycles. The number of rotatable bonds is 7. The Kier molecular flexibility index (Phi) is 6.65. The standard InChI is InChI=1S/C20H17F4N3O4S/c1-31-14-4-2-13(3-5-14)18-8-9-19(28)27(26-18)11-10-25-32(29,30)15-6-7-17(21)16(12-15)20(22,23)24/h2-9,12,25H,10-11H2,1H3. The van der Waals surface area contributed by atoms with Crippen LogP contribution in [0.5, 0.6) is 5.75 Å². The number of aromatic nitrogens is 2. The highest BCUT2D eigenvalue weighted by Gasteiger charge is 2.35. The zero-order valence-electron chi connectivity index (χ0n) is 16.6. The summed E-state index contributed by atoms with van der Waals surface area (Å²) in [6.07, 6.45) is -5.05. The molecular weight excluding hydrogens is 454 g/mol.